The van der Waals surface area contributed by atoms with E-state index < -0.39 is 11.6 Å². The van der Waals surface area contributed by atoms with Crippen molar-refractivity contribution in [3.63, 3.8) is 0 Å². The molecule has 20 heavy (non-hydrogen) atoms. The van der Waals surface area contributed by atoms with E-state index in [-0.39, 0.29) is 17.6 Å². The zero-order valence-corrected chi connectivity index (χ0v) is 11.8. The summed E-state index contributed by atoms with van der Waals surface area (Å²) in [6.07, 6.45) is 2.17. The minimum atomic E-state index is -0.956. The van der Waals surface area contributed by atoms with Gasteiger partial charge in [-0.25, -0.2) is 8.78 Å². The quantitative estimate of drug-likeness (QED) is 0.924. The van der Waals surface area contributed by atoms with Crippen molar-refractivity contribution in [1.29, 1.82) is 0 Å². The summed E-state index contributed by atoms with van der Waals surface area (Å²) in [5, 5.41) is 2.63. The highest BCUT2D eigenvalue weighted by Gasteiger charge is 2.25. The second kappa shape index (κ2) is 6.31. The van der Waals surface area contributed by atoms with Crippen molar-refractivity contribution in [3.05, 3.63) is 29.8 Å². The van der Waals surface area contributed by atoms with E-state index in [1.165, 1.54) is 6.07 Å². The number of amides is 1. The average molecular weight is 282 g/mol. The van der Waals surface area contributed by atoms with Crippen molar-refractivity contribution in [2.24, 2.45) is 5.92 Å². The van der Waals surface area contributed by atoms with Crippen LogP contribution >= 0.6 is 0 Å². The monoisotopic (exact) mass is 282 g/mol. The number of carbonyl (C=O) groups excluding carboxylic acids is 1. The smallest absolute Gasteiger partial charge is 0.241 e. The lowest BCUT2D eigenvalue weighted by atomic mass is 9.98. The van der Waals surface area contributed by atoms with Crippen LogP contribution in [0.5, 0.6) is 0 Å². The number of rotatable bonds is 3. The molecule has 1 aromatic rings. The zero-order valence-electron chi connectivity index (χ0n) is 11.8. The predicted molar refractivity (Wildman–Crippen MR) is 74.4 cm³/mol. The summed E-state index contributed by atoms with van der Waals surface area (Å²) < 4.78 is 25.9. The Hall–Kier alpha value is -1.49. The minimum absolute atomic E-state index is 0.189. The molecular weight excluding hydrogens is 262 g/mol. The van der Waals surface area contributed by atoms with E-state index in [1.807, 2.05) is 6.92 Å². The molecule has 1 fully saturated rings. The standard InChI is InChI=1S/C15H20F2N2O/c1-10-5-7-19(8-6-10)11(2)15(20)18-12-3-4-13(16)14(17)9-12/h3-4,9-11H,5-8H2,1-2H3,(H,18,20). The van der Waals surface area contributed by atoms with Crippen LogP contribution in [0.1, 0.15) is 26.7 Å². The van der Waals surface area contributed by atoms with Crippen LogP contribution in [-0.2, 0) is 4.79 Å². The Morgan fingerprint density at radius 2 is 1.95 bits per heavy atom. The maximum absolute atomic E-state index is 13.1. The summed E-state index contributed by atoms with van der Waals surface area (Å²) in [4.78, 5) is 14.2. The Bertz CT molecular complexity index is 485. The van der Waals surface area contributed by atoms with Gasteiger partial charge in [-0.15, -0.1) is 0 Å². The summed E-state index contributed by atoms with van der Waals surface area (Å²) in [7, 11) is 0. The van der Waals surface area contributed by atoms with Gasteiger partial charge in [0.05, 0.1) is 6.04 Å². The van der Waals surface area contributed by atoms with Gasteiger partial charge in [-0.3, -0.25) is 9.69 Å². The number of hydrogen-bond donors (Lipinski definition) is 1. The molecular formula is C15H20F2N2O. The molecule has 0 spiro atoms. The molecule has 1 saturated heterocycles. The Kier molecular flexibility index (Phi) is 4.70. The van der Waals surface area contributed by atoms with Gasteiger partial charge in [0, 0.05) is 11.8 Å². The Balaban J connectivity index is 1.95. The molecule has 1 heterocycles. The SMILES string of the molecule is CC1CCN(C(C)C(=O)Nc2ccc(F)c(F)c2)CC1. The average Bonchev–Trinajstić information content (AvgIpc) is 2.43. The van der Waals surface area contributed by atoms with Gasteiger partial charge in [0.2, 0.25) is 5.91 Å². The molecule has 0 saturated carbocycles. The van der Waals surface area contributed by atoms with E-state index in [0.717, 1.165) is 38.1 Å². The predicted octanol–water partition coefficient (Wildman–Crippen LogP) is 3.02. The molecule has 1 aliphatic rings. The summed E-state index contributed by atoms with van der Waals surface area (Å²) in [6.45, 7) is 5.84. The van der Waals surface area contributed by atoms with Gasteiger partial charge in [-0.05, 0) is 50.9 Å². The topological polar surface area (TPSA) is 32.3 Å². The number of hydrogen-bond acceptors (Lipinski definition) is 2. The molecule has 0 bridgehead atoms. The van der Waals surface area contributed by atoms with E-state index in [4.69, 9.17) is 0 Å². The third kappa shape index (κ3) is 3.54. The fourth-order valence-electron chi connectivity index (χ4n) is 2.40. The van der Waals surface area contributed by atoms with Gasteiger partial charge in [0.25, 0.3) is 0 Å². The van der Waals surface area contributed by atoms with Crippen molar-refractivity contribution >= 4 is 11.6 Å². The van der Waals surface area contributed by atoms with Crippen molar-refractivity contribution < 1.29 is 13.6 Å². The molecule has 1 N–H and O–H groups in total. The first-order valence-corrected chi connectivity index (χ1v) is 6.97. The summed E-state index contributed by atoms with van der Waals surface area (Å²) in [6, 6.07) is 3.10. The van der Waals surface area contributed by atoms with Crippen LogP contribution in [0.4, 0.5) is 14.5 Å². The molecule has 1 aliphatic heterocycles. The van der Waals surface area contributed by atoms with Crippen LogP contribution in [-0.4, -0.2) is 29.9 Å². The minimum Gasteiger partial charge on any atom is -0.325 e. The molecule has 1 atom stereocenters. The number of halogens is 2. The maximum Gasteiger partial charge on any atom is 0.241 e. The van der Waals surface area contributed by atoms with Gasteiger partial charge >= 0.3 is 0 Å². The van der Waals surface area contributed by atoms with Crippen molar-refractivity contribution in [1.82, 2.24) is 4.90 Å². The van der Waals surface area contributed by atoms with Crippen LogP contribution in [0.25, 0.3) is 0 Å². The van der Waals surface area contributed by atoms with Gasteiger partial charge in [0.15, 0.2) is 11.6 Å². The van der Waals surface area contributed by atoms with Gasteiger partial charge < -0.3 is 5.32 Å². The second-order valence-corrected chi connectivity index (χ2v) is 5.51. The largest absolute Gasteiger partial charge is 0.325 e. The molecule has 0 aliphatic carbocycles. The van der Waals surface area contributed by atoms with Crippen LogP contribution in [0, 0.1) is 17.6 Å². The lowest BCUT2D eigenvalue weighted by Gasteiger charge is -2.34. The van der Waals surface area contributed by atoms with Crippen molar-refractivity contribution in [2.75, 3.05) is 18.4 Å². The summed E-state index contributed by atoms with van der Waals surface area (Å²) in [5.74, 6) is -1.36. The van der Waals surface area contributed by atoms with Crippen LogP contribution < -0.4 is 5.32 Å². The van der Waals surface area contributed by atoms with E-state index in [0.29, 0.717) is 5.92 Å². The molecule has 5 heteroatoms. The van der Waals surface area contributed by atoms with Crippen molar-refractivity contribution in [3.8, 4) is 0 Å². The third-order valence-electron chi connectivity index (χ3n) is 3.93. The first-order valence-electron chi connectivity index (χ1n) is 6.97. The summed E-state index contributed by atoms with van der Waals surface area (Å²) >= 11 is 0. The molecule has 1 amide bonds. The lowest BCUT2D eigenvalue weighted by molar-refractivity contribution is -0.121. The number of benzene rings is 1. The zero-order chi connectivity index (χ0) is 14.7. The molecule has 3 nitrogen and oxygen atoms in total. The Morgan fingerprint density at radius 3 is 2.55 bits per heavy atom. The number of anilines is 1. The van der Waals surface area contributed by atoms with E-state index >= 15 is 0 Å². The molecule has 110 valence electrons. The number of carbonyl (C=O) groups is 1. The second-order valence-electron chi connectivity index (χ2n) is 5.51. The number of likely N-dealkylation sites (tertiary alicyclic amines) is 1. The van der Waals surface area contributed by atoms with Crippen LogP contribution in [0.3, 0.4) is 0 Å². The first-order chi connectivity index (χ1) is 9.47. The summed E-state index contributed by atoms with van der Waals surface area (Å²) in [5.41, 5.74) is 0.283. The fraction of sp³-hybridized carbons (Fsp3) is 0.533. The number of piperidine rings is 1. The van der Waals surface area contributed by atoms with Gasteiger partial charge in [0.1, 0.15) is 0 Å². The molecule has 1 unspecified atom stereocenters. The van der Waals surface area contributed by atoms with E-state index in [1.54, 1.807) is 0 Å². The van der Waals surface area contributed by atoms with Gasteiger partial charge in [-0.2, -0.15) is 0 Å². The normalized spacial score (nSPS) is 18.8. The van der Waals surface area contributed by atoms with E-state index in [9.17, 15) is 13.6 Å². The Morgan fingerprint density at radius 1 is 1.30 bits per heavy atom. The number of nitrogens with zero attached hydrogens (tertiary/aromatic N) is 1. The Labute approximate surface area is 118 Å². The molecule has 2 rings (SSSR count). The van der Waals surface area contributed by atoms with Crippen molar-refractivity contribution in [2.45, 2.75) is 32.7 Å². The highest BCUT2D eigenvalue weighted by atomic mass is 19.2. The van der Waals surface area contributed by atoms with Crippen LogP contribution in [0.15, 0.2) is 18.2 Å². The fourth-order valence-corrected chi connectivity index (χ4v) is 2.40. The number of nitrogens with one attached hydrogen (secondary N) is 1. The molecule has 1 aromatic carbocycles. The molecule has 0 radical (unpaired) electrons. The van der Waals surface area contributed by atoms with Crippen LogP contribution in [0.2, 0.25) is 0 Å². The lowest BCUT2D eigenvalue weighted by Crippen LogP contribution is -2.45. The molecule has 0 aromatic heterocycles. The maximum atomic E-state index is 13.1. The highest BCUT2D eigenvalue weighted by Crippen LogP contribution is 2.19. The van der Waals surface area contributed by atoms with Gasteiger partial charge in [-0.1, -0.05) is 6.92 Å². The third-order valence-corrected chi connectivity index (χ3v) is 3.93. The van der Waals surface area contributed by atoms with E-state index in [2.05, 4.69) is 17.1 Å². The first kappa shape index (κ1) is 14.9. The highest BCUT2D eigenvalue weighted by molar-refractivity contribution is 5.94.